The summed E-state index contributed by atoms with van der Waals surface area (Å²) in [4.78, 5) is 0. The van der Waals surface area contributed by atoms with E-state index in [9.17, 15) is 5.11 Å². The van der Waals surface area contributed by atoms with Gasteiger partial charge in [-0.2, -0.15) is 0 Å². The Morgan fingerprint density at radius 3 is 2.27 bits per heavy atom. The summed E-state index contributed by atoms with van der Waals surface area (Å²) < 4.78 is 5.49. The number of hydrogen-bond acceptors (Lipinski definition) is 3. The SMILES string of the molecule is CC(C)(C)OCC(O)c1ccc(N)cc1. The Morgan fingerprint density at radius 2 is 1.80 bits per heavy atom. The van der Waals surface area contributed by atoms with Crippen molar-refractivity contribution in [3.8, 4) is 0 Å². The summed E-state index contributed by atoms with van der Waals surface area (Å²) in [5, 5.41) is 9.81. The number of benzene rings is 1. The van der Waals surface area contributed by atoms with Crippen LogP contribution in [0.25, 0.3) is 0 Å². The number of nitrogen functional groups attached to an aromatic ring is 1. The molecule has 0 aromatic heterocycles. The quantitative estimate of drug-likeness (QED) is 0.750. The Morgan fingerprint density at radius 1 is 1.27 bits per heavy atom. The predicted octanol–water partition coefficient (Wildman–Crippen LogP) is 2.12. The van der Waals surface area contributed by atoms with Crippen molar-refractivity contribution < 1.29 is 9.84 Å². The van der Waals surface area contributed by atoms with Gasteiger partial charge in [-0.1, -0.05) is 12.1 Å². The number of hydrogen-bond donors (Lipinski definition) is 2. The lowest BCUT2D eigenvalue weighted by molar-refractivity contribution is -0.0496. The molecule has 0 bridgehead atoms. The topological polar surface area (TPSA) is 55.5 Å². The maximum Gasteiger partial charge on any atom is 0.102 e. The molecular formula is C12H19NO2. The summed E-state index contributed by atoms with van der Waals surface area (Å²) >= 11 is 0. The third kappa shape index (κ3) is 4.32. The van der Waals surface area contributed by atoms with Crippen LogP contribution in [0.5, 0.6) is 0 Å². The monoisotopic (exact) mass is 209 g/mol. The maximum absolute atomic E-state index is 9.81. The van der Waals surface area contributed by atoms with Gasteiger partial charge in [-0.25, -0.2) is 0 Å². The first-order chi connectivity index (χ1) is 6.88. The highest BCUT2D eigenvalue weighted by molar-refractivity contribution is 5.39. The fourth-order valence-electron chi connectivity index (χ4n) is 1.14. The summed E-state index contributed by atoms with van der Waals surface area (Å²) in [5.74, 6) is 0. The maximum atomic E-state index is 9.81. The largest absolute Gasteiger partial charge is 0.399 e. The minimum absolute atomic E-state index is 0.227. The van der Waals surface area contributed by atoms with Crippen LogP contribution in [0.3, 0.4) is 0 Å². The van der Waals surface area contributed by atoms with E-state index >= 15 is 0 Å². The molecular weight excluding hydrogens is 190 g/mol. The molecule has 0 saturated carbocycles. The Bertz CT molecular complexity index is 300. The van der Waals surface area contributed by atoms with Crippen molar-refractivity contribution in [1.29, 1.82) is 0 Å². The minimum Gasteiger partial charge on any atom is -0.399 e. The highest BCUT2D eigenvalue weighted by Gasteiger charge is 2.14. The zero-order valence-electron chi connectivity index (χ0n) is 9.53. The average molecular weight is 209 g/mol. The minimum atomic E-state index is -0.593. The molecule has 3 nitrogen and oxygen atoms in total. The Kier molecular flexibility index (Phi) is 3.72. The zero-order chi connectivity index (χ0) is 11.5. The van der Waals surface area contributed by atoms with Crippen LogP contribution in [0.1, 0.15) is 32.4 Å². The molecule has 0 aliphatic heterocycles. The lowest BCUT2D eigenvalue weighted by Crippen LogP contribution is -2.22. The molecule has 0 aliphatic rings. The first-order valence-corrected chi connectivity index (χ1v) is 5.06. The van der Waals surface area contributed by atoms with E-state index in [-0.39, 0.29) is 5.60 Å². The van der Waals surface area contributed by atoms with E-state index in [1.807, 2.05) is 32.9 Å². The number of ether oxygens (including phenoxy) is 1. The van der Waals surface area contributed by atoms with Crippen molar-refractivity contribution in [1.82, 2.24) is 0 Å². The van der Waals surface area contributed by atoms with Crippen LogP contribution in [-0.4, -0.2) is 17.3 Å². The van der Waals surface area contributed by atoms with Gasteiger partial charge in [-0.3, -0.25) is 0 Å². The van der Waals surface area contributed by atoms with Crippen molar-refractivity contribution >= 4 is 5.69 Å². The van der Waals surface area contributed by atoms with Gasteiger partial charge in [-0.15, -0.1) is 0 Å². The van der Waals surface area contributed by atoms with Gasteiger partial charge in [0.15, 0.2) is 0 Å². The molecule has 0 saturated heterocycles. The molecule has 0 amide bonds. The van der Waals surface area contributed by atoms with Crippen LogP contribution in [0.4, 0.5) is 5.69 Å². The second-order valence-electron chi connectivity index (χ2n) is 4.61. The van der Waals surface area contributed by atoms with Crippen molar-refractivity contribution in [2.24, 2.45) is 0 Å². The molecule has 0 spiro atoms. The highest BCUT2D eigenvalue weighted by atomic mass is 16.5. The number of nitrogens with two attached hydrogens (primary N) is 1. The van der Waals surface area contributed by atoms with Gasteiger partial charge in [0.25, 0.3) is 0 Å². The van der Waals surface area contributed by atoms with E-state index in [0.717, 1.165) is 5.56 Å². The predicted molar refractivity (Wildman–Crippen MR) is 61.5 cm³/mol. The van der Waals surface area contributed by atoms with Crippen LogP contribution >= 0.6 is 0 Å². The molecule has 0 heterocycles. The van der Waals surface area contributed by atoms with E-state index < -0.39 is 6.10 Å². The molecule has 1 rings (SSSR count). The van der Waals surface area contributed by atoms with Gasteiger partial charge in [0.2, 0.25) is 0 Å². The summed E-state index contributed by atoms with van der Waals surface area (Å²) in [5.41, 5.74) is 6.85. The first kappa shape index (κ1) is 12.0. The van der Waals surface area contributed by atoms with Gasteiger partial charge in [0.1, 0.15) is 6.10 Å². The molecule has 3 heteroatoms. The van der Waals surface area contributed by atoms with Gasteiger partial charge >= 0.3 is 0 Å². The van der Waals surface area contributed by atoms with Crippen LogP contribution in [0.2, 0.25) is 0 Å². The fourth-order valence-corrected chi connectivity index (χ4v) is 1.14. The third-order valence-corrected chi connectivity index (χ3v) is 2.00. The standard InChI is InChI=1S/C12H19NO2/c1-12(2,3)15-8-11(14)9-4-6-10(13)7-5-9/h4-7,11,14H,8,13H2,1-3H3. The van der Waals surface area contributed by atoms with Crippen molar-refractivity contribution in [3.05, 3.63) is 29.8 Å². The molecule has 84 valence electrons. The van der Waals surface area contributed by atoms with Crippen molar-refractivity contribution in [2.45, 2.75) is 32.5 Å². The Hall–Kier alpha value is -1.06. The van der Waals surface area contributed by atoms with Gasteiger partial charge in [-0.05, 0) is 38.5 Å². The second kappa shape index (κ2) is 4.64. The number of aliphatic hydroxyl groups excluding tert-OH is 1. The normalized spacial score (nSPS) is 13.9. The lowest BCUT2D eigenvalue weighted by Gasteiger charge is -2.22. The molecule has 0 aliphatic carbocycles. The Labute approximate surface area is 90.9 Å². The summed E-state index contributed by atoms with van der Waals surface area (Å²) in [6.07, 6.45) is -0.593. The van der Waals surface area contributed by atoms with E-state index in [2.05, 4.69) is 0 Å². The molecule has 1 aromatic rings. The van der Waals surface area contributed by atoms with Gasteiger partial charge in [0.05, 0.1) is 12.2 Å². The Balaban J connectivity index is 2.54. The van der Waals surface area contributed by atoms with Gasteiger partial charge in [0, 0.05) is 5.69 Å². The lowest BCUT2D eigenvalue weighted by atomic mass is 10.1. The number of aliphatic hydroxyl groups is 1. The molecule has 1 atom stereocenters. The van der Waals surface area contributed by atoms with Crippen molar-refractivity contribution in [2.75, 3.05) is 12.3 Å². The molecule has 0 fully saturated rings. The van der Waals surface area contributed by atoms with Crippen LogP contribution < -0.4 is 5.73 Å². The summed E-state index contributed by atoms with van der Waals surface area (Å²) in [7, 11) is 0. The summed E-state index contributed by atoms with van der Waals surface area (Å²) in [6, 6.07) is 7.17. The van der Waals surface area contributed by atoms with E-state index in [1.165, 1.54) is 0 Å². The van der Waals surface area contributed by atoms with E-state index in [4.69, 9.17) is 10.5 Å². The van der Waals surface area contributed by atoms with Crippen LogP contribution in [0.15, 0.2) is 24.3 Å². The van der Waals surface area contributed by atoms with Crippen LogP contribution in [0, 0.1) is 0 Å². The average Bonchev–Trinajstić information content (AvgIpc) is 2.14. The molecule has 3 N–H and O–H groups in total. The molecule has 15 heavy (non-hydrogen) atoms. The highest BCUT2D eigenvalue weighted by Crippen LogP contribution is 2.17. The van der Waals surface area contributed by atoms with Gasteiger partial charge < -0.3 is 15.6 Å². The van der Waals surface area contributed by atoms with Crippen molar-refractivity contribution in [3.63, 3.8) is 0 Å². The number of rotatable bonds is 3. The molecule has 0 radical (unpaired) electrons. The fraction of sp³-hybridized carbons (Fsp3) is 0.500. The first-order valence-electron chi connectivity index (χ1n) is 5.06. The third-order valence-electron chi connectivity index (χ3n) is 2.00. The summed E-state index contributed by atoms with van der Waals surface area (Å²) in [6.45, 7) is 6.18. The molecule has 1 aromatic carbocycles. The zero-order valence-corrected chi connectivity index (χ0v) is 9.53. The van der Waals surface area contributed by atoms with Crippen LogP contribution in [-0.2, 0) is 4.74 Å². The van der Waals surface area contributed by atoms with E-state index in [0.29, 0.717) is 12.3 Å². The number of anilines is 1. The second-order valence-corrected chi connectivity index (χ2v) is 4.61. The van der Waals surface area contributed by atoms with E-state index in [1.54, 1.807) is 12.1 Å². The molecule has 1 unspecified atom stereocenters. The smallest absolute Gasteiger partial charge is 0.102 e.